The Morgan fingerprint density at radius 2 is 1.16 bits per heavy atom. The van der Waals surface area contributed by atoms with Gasteiger partial charge < -0.3 is 14.9 Å². The second-order valence-electron chi connectivity index (χ2n) is 4.24. The lowest BCUT2D eigenvalue weighted by Crippen LogP contribution is -1.88. The Hall–Kier alpha value is -1.58. The standard InChI is InChI=1S/C14H12Cl2O3/c1-7-3-9(5-11(15)13(7)17)19-10-4-8(2)14(18)12(16)6-10/h3-6,17-18H,1-2H3. The summed E-state index contributed by atoms with van der Waals surface area (Å²) >= 11 is 11.8. The lowest BCUT2D eigenvalue weighted by Gasteiger charge is -2.11. The first kappa shape index (κ1) is 13.8. The number of rotatable bonds is 2. The molecule has 0 aromatic heterocycles. The van der Waals surface area contributed by atoms with Crippen LogP contribution in [0.4, 0.5) is 0 Å². The third-order valence-electron chi connectivity index (χ3n) is 2.69. The van der Waals surface area contributed by atoms with E-state index in [9.17, 15) is 10.2 Å². The SMILES string of the molecule is Cc1cc(Oc2cc(C)c(O)c(Cl)c2)cc(Cl)c1O. The Kier molecular flexibility index (Phi) is 3.78. The number of hydrogen-bond acceptors (Lipinski definition) is 3. The number of aryl methyl sites for hydroxylation is 2. The largest absolute Gasteiger partial charge is 0.506 e. The molecule has 0 fully saturated rings. The van der Waals surface area contributed by atoms with E-state index in [2.05, 4.69) is 0 Å². The molecule has 0 aliphatic heterocycles. The smallest absolute Gasteiger partial charge is 0.137 e. The third kappa shape index (κ3) is 2.88. The van der Waals surface area contributed by atoms with E-state index >= 15 is 0 Å². The predicted molar refractivity (Wildman–Crippen MR) is 75.8 cm³/mol. The van der Waals surface area contributed by atoms with E-state index in [1.54, 1.807) is 26.0 Å². The Labute approximate surface area is 121 Å². The van der Waals surface area contributed by atoms with Gasteiger partial charge in [0.05, 0.1) is 10.0 Å². The zero-order valence-electron chi connectivity index (χ0n) is 10.4. The van der Waals surface area contributed by atoms with Gasteiger partial charge in [-0.1, -0.05) is 23.2 Å². The van der Waals surface area contributed by atoms with E-state index in [1.807, 2.05) is 0 Å². The minimum absolute atomic E-state index is 0.0361. The van der Waals surface area contributed by atoms with Gasteiger partial charge in [-0.2, -0.15) is 0 Å². The zero-order chi connectivity index (χ0) is 14.2. The quantitative estimate of drug-likeness (QED) is 0.836. The molecule has 5 heteroatoms. The third-order valence-corrected chi connectivity index (χ3v) is 3.27. The lowest BCUT2D eigenvalue weighted by molar-refractivity contribution is 0.455. The van der Waals surface area contributed by atoms with Gasteiger partial charge in [0.15, 0.2) is 0 Å². The molecular weight excluding hydrogens is 287 g/mol. The van der Waals surface area contributed by atoms with Crippen molar-refractivity contribution in [3.63, 3.8) is 0 Å². The van der Waals surface area contributed by atoms with Crippen LogP contribution in [0.25, 0.3) is 0 Å². The van der Waals surface area contributed by atoms with Crippen molar-refractivity contribution >= 4 is 23.2 Å². The summed E-state index contributed by atoms with van der Waals surface area (Å²) in [6.07, 6.45) is 0. The van der Waals surface area contributed by atoms with Crippen LogP contribution in [-0.2, 0) is 0 Å². The number of aromatic hydroxyl groups is 2. The van der Waals surface area contributed by atoms with Gasteiger partial charge in [0.2, 0.25) is 0 Å². The summed E-state index contributed by atoms with van der Waals surface area (Å²) in [7, 11) is 0. The molecule has 0 bridgehead atoms. The van der Waals surface area contributed by atoms with Crippen LogP contribution in [0.2, 0.25) is 10.0 Å². The molecule has 0 amide bonds. The lowest BCUT2D eigenvalue weighted by atomic mass is 10.2. The maximum Gasteiger partial charge on any atom is 0.137 e. The molecule has 0 saturated heterocycles. The molecule has 2 aromatic rings. The summed E-state index contributed by atoms with van der Waals surface area (Å²) in [5.74, 6) is 1.05. The number of halogens is 2. The number of benzene rings is 2. The summed E-state index contributed by atoms with van der Waals surface area (Å²) in [6, 6.07) is 6.36. The highest BCUT2D eigenvalue weighted by Gasteiger charge is 2.09. The molecule has 0 atom stereocenters. The molecule has 2 rings (SSSR count). The molecule has 2 N–H and O–H groups in total. The van der Waals surface area contributed by atoms with Crippen molar-refractivity contribution in [3.8, 4) is 23.0 Å². The summed E-state index contributed by atoms with van der Waals surface area (Å²) < 4.78 is 5.62. The van der Waals surface area contributed by atoms with E-state index < -0.39 is 0 Å². The Morgan fingerprint density at radius 1 is 0.789 bits per heavy atom. The Morgan fingerprint density at radius 3 is 1.47 bits per heavy atom. The highest BCUT2D eigenvalue weighted by atomic mass is 35.5. The van der Waals surface area contributed by atoms with Gasteiger partial charge in [0.1, 0.15) is 23.0 Å². The fourth-order valence-corrected chi connectivity index (χ4v) is 2.18. The van der Waals surface area contributed by atoms with Gasteiger partial charge >= 0.3 is 0 Å². The van der Waals surface area contributed by atoms with Crippen LogP contribution in [0, 0.1) is 13.8 Å². The van der Waals surface area contributed by atoms with E-state index in [1.165, 1.54) is 12.1 Å². The molecule has 0 radical (unpaired) electrons. The minimum Gasteiger partial charge on any atom is -0.506 e. The second-order valence-corrected chi connectivity index (χ2v) is 5.06. The van der Waals surface area contributed by atoms with Crippen molar-refractivity contribution in [2.45, 2.75) is 13.8 Å². The maximum absolute atomic E-state index is 9.58. The molecule has 0 spiro atoms. The summed E-state index contributed by atoms with van der Waals surface area (Å²) in [6.45, 7) is 3.45. The summed E-state index contributed by atoms with van der Waals surface area (Å²) in [5.41, 5.74) is 1.23. The Balaban J connectivity index is 2.36. The van der Waals surface area contributed by atoms with E-state index in [0.29, 0.717) is 22.6 Å². The first-order valence-corrected chi connectivity index (χ1v) is 6.30. The summed E-state index contributed by atoms with van der Waals surface area (Å²) in [4.78, 5) is 0. The molecule has 0 aliphatic carbocycles. The fraction of sp³-hybridized carbons (Fsp3) is 0.143. The highest BCUT2D eigenvalue weighted by molar-refractivity contribution is 6.32. The van der Waals surface area contributed by atoms with Crippen LogP contribution >= 0.6 is 23.2 Å². The predicted octanol–water partition coefficient (Wildman–Crippen LogP) is 4.81. The van der Waals surface area contributed by atoms with Gasteiger partial charge in [0, 0.05) is 12.1 Å². The molecule has 0 aliphatic rings. The van der Waals surface area contributed by atoms with Crippen molar-refractivity contribution in [2.75, 3.05) is 0 Å². The van der Waals surface area contributed by atoms with Crippen LogP contribution in [0.3, 0.4) is 0 Å². The van der Waals surface area contributed by atoms with Gasteiger partial charge in [-0.15, -0.1) is 0 Å². The van der Waals surface area contributed by atoms with Crippen molar-refractivity contribution in [1.82, 2.24) is 0 Å². The van der Waals surface area contributed by atoms with E-state index in [0.717, 1.165) is 0 Å². The normalized spacial score (nSPS) is 10.5. The van der Waals surface area contributed by atoms with Gasteiger partial charge in [-0.25, -0.2) is 0 Å². The molecule has 0 heterocycles. The average Bonchev–Trinajstić information content (AvgIpc) is 2.33. The monoisotopic (exact) mass is 298 g/mol. The molecule has 0 unspecified atom stereocenters. The molecule has 19 heavy (non-hydrogen) atoms. The van der Waals surface area contributed by atoms with Crippen molar-refractivity contribution in [2.24, 2.45) is 0 Å². The zero-order valence-corrected chi connectivity index (χ0v) is 11.9. The number of phenols is 2. The van der Waals surface area contributed by atoms with Crippen LogP contribution in [0.15, 0.2) is 24.3 Å². The van der Waals surface area contributed by atoms with Crippen LogP contribution in [0.1, 0.15) is 11.1 Å². The second kappa shape index (κ2) is 5.19. The molecule has 2 aromatic carbocycles. The first-order chi connectivity index (χ1) is 8.88. The topological polar surface area (TPSA) is 49.7 Å². The molecule has 100 valence electrons. The molecule has 3 nitrogen and oxygen atoms in total. The molecule has 0 saturated carbocycles. The highest BCUT2D eigenvalue weighted by Crippen LogP contribution is 2.36. The van der Waals surface area contributed by atoms with Gasteiger partial charge in [0.25, 0.3) is 0 Å². The van der Waals surface area contributed by atoms with Crippen molar-refractivity contribution < 1.29 is 14.9 Å². The van der Waals surface area contributed by atoms with E-state index in [4.69, 9.17) is 27.9 Å². The van der Waals surface area contributed by atoms with Crippen LogP contribution in [-0.4, -0.2) is 10.2 Å². The fourth-order valence-electron chi connectivity index (χ4n) is 1.66. The van der Waals surface area contributed by atoms with Gasteiger partial charge in [-0.3, -0.25) is 0 Å². The van der Waals surface area contributed by atoms with Crippen LogP contribution < -0.4 is 4.74 Å². The number of phenolic OH excluding ortho intramolecular Hbond substituents is 2. The Bertz CT molecular complexity index is 537. The number of ether oxygens (including phenoxy) is 1. The van der Waals surface area contributed by atoms with Gasteiger partial charge in [-0.05, 0) is 37.1 Å². The average molecular weight is 299 g/mol. The molecular formula is C14H12Cl2O3. The minimum atomic E-state index is 0.0361. The summed E-state index contributed by atoms with van der Waals surface area (Å²) in [5, 5.41) is 19.6. The first-order valence-electron chi connectivity index (χ1n) is 5.54. The number of hydrogen-bond donors (Lipinski definition) is 2. The maximum atomic E-state index is 9.58. The van der Waals surface area contributed by atoms with Crippen LogP contribution in [0.5, 0.6) is 23.0 Å². The van der Waals surface area contributed by atoms with E-state index in [-0.39, 0.29) is 21.5 Å². The van der Waals surface area contributed by atoms with Crippen molar-refractivity contribution in [1.29, 1.82) is 0 Å². The van der Waals surface area contributed by atoms with Crippen molar-refractivity contribution in [3.05, 3.63) is 45.4 Å².